The van der Waals surface area contributed by atoms with Gasteiger partial charge in [-0.2, -0.15) is 0 Å². The van der Waals surface area contributed by atoms with Crippen LogP contribution in [0.2, 0.25) is 0 Å². The molecule has 4 heteroatoms. The summed E-state index contributed by atoms with van der Waals surface area (Å²) in [6, 6.07) is 5.83. The van der Waals surface area contributed by atoms with Gasteiger partial charge in [-0.3, -0.25) is 0 Å². The molecule has 0 heterocycles. The van der Waals surface area contributed by atoms with Crippen LogP contribution in [0.4, 0.5) is 0 Å². The number of ether oxygens (including phenoxy) is 2. The summed E-state index contributed by atoms with van der Waals surface area (Å²) in [4.78, 5) is 0. The van der Waals surface area contributed by atoms with Crippen molar-refractivity contribution in [3.63, 3.8) is 0 Å². The van der Waals surface area contributed by atoms with E-state index in [2.05, 4.69) is 5.32 Å². The highest BCUT2D eigenvalue weighted by Crippen LogP contribution is 2.29. The maximum absolute atomic E-state index is 10.2. The Balaban J connectivity index is 2.82. The molecule has 0 aliphatic carbocycles. The number of hydrogen-bond donors (Lipinski definition) is 2. The van der Waals surface area contributed by atoms with Gasteiger partial charge in [-0.1, -0.05) is 19.9 Å². The van der Waals surface area contributed by atoms with Gasteiger partial charge in [-0.05, 0) is 37.6 Å². The lowest BCUT2D eigenvalue weighted by molar-refractivity contribution is -0.0119. The molecule has 2 N–H and O–H groups in total. The summed E-state index contributed by atoms with van der Waals surface area (Å²) < 4.78 is 11.0. The minimum absolute atomic E-state index is 0.277. The Labute approximate surface area is 115 Å². The van der Waals surface area contributed by atoms with Crippen LogP contribution < -0.4 is 14.8 Å². The summed E-state index contributed by atoms with van der Waals surface area (Å²) in [5, 5.41) is 13.3. The highest BCUT2D eigenvalue weighted by molar-refractivity contribution is 5.43. The first-order chi connectivity index (χ1) is 9.08. The summed E-state index contributed by atoms with van der Waals surface area (Å²) in [7, 11) is 3.52. The van der Waals surface area contributed by atoms with Gasteiger partial charge in [0, 0.05) is 6.54 Å². The molecular weight excluding hydrogens is 242 g/mol. The fourth-order valence-electron chi connectivity index (χ4n) is 1.81. The molecule has 0 bridgehead atoms. The monoisotopic (exact) mass is 267 g/mol. The van der Waals surface area contributed by atoms with E-state index in [9.17, 15) is 5.11 Å². The van der Waals surface area contributed by atoms with Crippen molar-refractivity contribution < 1.29 is 14.6 Å². The lowest BCUT2D eigenvalue weighted by atomic mass is 9.99. The molecule has 0 radical (unpaired) electrons. The van der Waals surface area contributed by atoms with Crippen molar-refractivity contribution in [2.45, 2.75) is 38.8 Å². The molecule has 0 amide bonds. The topological polar surface area (TPSA) is 50.7 Å². The third kappa shape index (κ3) is 4.40. The second-order valence-electron chi connectivity index (χ2n) is 4.74. The van der Waals surface area contributed by atoms with Crippen molar-refractivity contribution in [3.8, 4) is 11.5 Å². The van der Waals surface area contributed by atoms with Crippen LogP contribution in [0, 0.1) is 0 Å². The third-order valence-electron chi connectivity index (χ3n) is 3.42. The molecule has 0 fully saturated rings. The maximum atomic E-state index is 10.2. The predicted molar refractivity (Wildman–Crippen MR) is 76.8 cm³/mol. The van der Waals surface area contributed by atoms with Crippen LogP contribution >= 0.6 is 0 Å². The Morgan fingerprint density at radius 2 is 1.89 bits per heavy atom. The van der Waals surface area contributed by atoms with E-state index in [0.29, 0.717) is 24.3 Å². The molecule has 0 spiro atoms. The maximum Gasteiger partial charge on any atom is 0.161 e. The van der Waals surface area contributed by atoms with Crippen molar-refractivity contribution in [2.75, 3.05) is 20.8 Å². The molecule has 0 aliphatic heterocycles. The van der Waals surface area contributed by atoms with Gasteiger partial charge in [0.25, 0.3) is 0 Å². The number of rotatable bonds is 8. The van der Waals surface area contributed by atoms with E-state index < -0.39 is 5.60 Å². The van der Waals surface area contributed by atoms with Crippen molar-refractivity contribution in [1.82, 2.24) is 5.32 Å². The summed E-state index contributed by atoms with van der Waals surface area (Å²) in [6.45, 7) is 4.97. The zero-order valence-corrected chi connectivity index (χ0v) is 12.3. The van der Waals surface area contributed by atoms with Gasteiger partial charge in [-0.15, -0.1) is 0 Å². The summed E-state index contributed by atoms with van der Waals surface area (Å²) in [5.41, 5.74) is 0.346. The van der Waals surface area contributed by atoms with Gasteiger partial charge < -0.3 is 19.9 Å². The third-order valence-corrected chi connectivity index (χ3v) is 3.42. The fourth-order valence-corrected chi connectivity index (χ4v) is 1.81. The Hall–Kier alpha value is -1.26. The second-order valence-corrected chi connectivity index (χ2v) is 4.74. The van der Waals surface area contributed by atoms with Crippen LogP contribution in [0.5, 0.6) is 11.5 Å². The van der Waals surface area contributed by atoms with Gasteiger partial charge in [0.05, 0.1) is 12.7 Å². The van der Waals surface area contributed by atoms with E-state index in [-0.39, 0.29) is 6.61 Å². The lowest BCUT2D eigenvalue weighted by Gasteiger charge is -2.25. The number of hydrogen-bond acceptors (Lipinski definition) is 4. The molecule has 0 saturated carbocycles. The van der Waals surface area contributed by atoms with Gasteiger partial charge in [0.1, 0.15) is 6.61 Å². The van der Waals surface area contributed by atoms with Crippen molar-refractivity contribution >= 4 is 0 Å². The lowest BCUT2D eigenvalue weighted by Crippen LogP contribution is -2.34. The van der Waals surface area contributed by atoms with Crippen LogP contribution in [0.15, 0.2) is 18.2 Å². The molecule has 0 aromatic heterocycles. The normalized spacial score (nSPS) is 11.4. The van der Waals surface area contributed by atoms with Crippen LogP contribution in [-0.2, 0) is 6.54 Å². The Morgan fingerprint density at radius 3 is 2.42 bits per heavy atom. The minimum Gasteiger partial charge on any atom is -0.493 e. The summed E-state index contributed by atoms with van der Waals surface area (Å²) in [5.74, 6) is 1.37. The molecule has 1 aromatic rings. The molecule has 19 heavy (non-hydrogen) atoms. The first-order valence-corrected chi connectivity index (χ1v) is 6.75. The molecule has 1 aromatic carbocycles. The summed E-state index contributed by atoms with van der Waals surface area (Å²) in [6.07, 6.45) is 1.34. The first kappa shape index (κ1) is 15.8. The molecule has 0 aliphatic rings. The quantitative estimate of drug-likeness (QED) is 0.759. The van der Waals surface area contributed by atoms with Crippen LogP contribution in [0.3, 0.4) is 0 Å². The molecule has 108 valence electrons. The average molecular weight is 267 g/mol. The van der Waals surface area contributed by atoms with Crippen molar-refractivity contribution in [2.24, 2.45) is 0 Å². The van der Waals surface area contributed by atoms with Gasteiger partial charge in [-0.25, -0.2) is 0 Å². The van der Waals surface area contributed by atoms with Crippen LogP contribution in [-0.4, -0.2) is 31.5 Å². The Kier molecular flexibility index (Phi) is 6.12. The van der Waals surface area contributed by atoms with Crippen LogP contribution in [0.1, 0.15) is 32.3 Å². The zero-order chi connectivity index (χ0) is 14.3. The molecular formula is C15H25NO3. The Bertz CT molecular complexity index is 389. The van der Waals surface area contributed by atoms with Gasteiger partial charge in [0.15, 0.2) is 11.5 Å². The van der Waals surface area contributed by atoms with E-state index in [1.165, 1.54) is 0 Å². The van der Waals surface area contributed by atoms with E-state index >= 15 is 0 Å². The molecule has 0 saturated heterocycles. The number of methoxy groups -OCH3 is 1. The molecule has 0 unspecified atom stereocenters. The fraction of sp³-hybridized carbons (Fsp3) is 0.600. The second kappa shape index (κ2) is 7.36. The molecule has 4 nitrogen and oxygen atoms in total. The van der Waals surface area contributed by atoms with Gasteiger partial charge in [0.2, 0.25) is 0 Å². The van der Waals surface area contributed by atoms with E-state index in [0.717, 1.165) is 12.1 Å². The van der Waals surface area contributed by atoms with Crippen molar-refractivity contribution in [1.29, 1.82) is 0 Å². The average Bonchev–Trinajstić information content (AvgIpc) is 2.45. The van der Waals surface area contributed by atoms with E-state index in [1.54, 1.807) is 7.11 Å². The van der Waals surface area contributed by atoms with E-state index in [4.69, 9.17) is 9.47 Å². The smallest absolute Gasteiger partial charge is 0.161 e. The largest absolute Gasteiger partial charge is 0.493 e. The van der Waals surface area contributed by atoms with Crippen molar-refractivity contribution in [3.05, 3.63) is 23.8 Å². The Morgan fingerprint density at radius 1 is 1.21 bits per heavy atom. The first-order valence-electron chi connectivity index (χ1n) is 6.75. The number of benzene rings is 1. The van der Waals surface area contributed by atoms with E-state index in [1.807, 2.05) is 39.1 Å². The van der Waals surface area contributed by atoms with Crippen LogP contribution in [0.25, 0.3) is 0 Å². The molecule has 0 atom stereocenters. The van der Waals surface area contributed by atoms with Gasteiger partial charge >= 0.3 is 0 Å². The molecule has 1 rings (SSSR count). The predicted octanol–water partition coefficient (Wildman–Crippen LogP) is 2.34. The highest BCUT2D eigenvalue weighted by atomic mass is 16.5. The number of nitrogens with one attached hydrogen (secondary N) is 1. The number of aliphatic hydroxyl groups is 1. The highest BCUT2D eigenvalue weighted by Gasteiger charge is 2.23. The SMILES string of the molecule is CCC(O)(CC)COc1cc(CNC)ccc1OC. The summed E-state index contributed by atoms with van der Waals surface area (Å²) >= 11 is 0. The zero-order valence-electron chi connectivity index (χ0n) is 12.3. The standard InChI is InChI=1S/C15H25NO3/c1-5-15(17,6-2)11-19-14-9-12(10-16-3)7-8-13(14)18-4/h7-9,16-17H,5-6,10-11H2,1-4H3. The minimum atomic E-state index is -0.774.